The van der Waals surface area contributed by atoms with Crippen LogP contribution in [0.2, 0.25) is 0 Å². The monoisotopic (exact) mass is 255 g/mol. The SMILES string of the molecule is Cc1ccnc(NC(=O)[C@H]2COc3ccccc32)n1. The van der Waals surface area contributed by atoms with Crippen molar-refractivity contribution in [3.05, 3.63) is 47.8 Å². The average molecular weight is 255 g/mol. The molecule has 0 saturated heterocycles. The molecule has 0 aliphatic carbocycles. The van der Waals surface area contributed by atoms with E-state index in [9.17, 15) is 4.79 Å². The largest absolute Gasteiger partial charge is 0.492 e. The van der Waals surface area contributed by atoms with Gasteiger partial charge in [-0.15, -0.1) is 0 Å². The molecule has 19 heavy (non-hydrogen) atoms. The van der Waals surface area contributed by atoms with E-state index in [1.54, 1.807) is 12.3 Å². The van der Waals surface area contributed by atoms with Crippen molar-refractivity contribution in [3.63, 3.8) is 0 Å². The number of anilines is 1. The minimum atomic E-state index is -0.305. The Hall–Kier alpha value is -2.43. The Balaban J connectivity index is 1.79. The van der Waals surface area contributed by atoms with Crippen molar-refractivity contribution in [2.24, 2.45) is 0 Å². The van der Waals surface area contributed by atoms with Crippen LogP contribution in [-0.4, -0.2) is 22.5 Å². The summed E-state index contributed by atoms with van der Waals surface area (Å²) in [5, 5.41) is 2.72. The normalized spacial score (nSPS) is 16.6. The van der Waals surface area contributed by atoms with Gasteiger partial charge < -0.3 is 4.74 Å². The number of rotatable bonds is 2. The van der Waals surface area contributed by atoms with Crippen LogP contribution >= 0.6 is 0 Å². The quantitative estimate of drug-likeness (QED) is 0.890. The van der Waals surface area contributed by atoms with Crippen LogP contribution in [0.1, 0.15) is 17.2 Å². The van der Waals surface area contributed by atoms with Crippen molar-refractivity contribution in [3.8, 4) is 5.75 Å². The highest BCUT2D eigenvalue weighted by Gasteiger charge is 2.30. The van der Waals surface area contributed by atoms with Gasteiger partial charge in [-0.3, -0.25) is 10.1 Å². The maximum atomic E-state index is 12.2. The molecule has 2 aromatic rings. The molecule has 0 spiro atoms. The molecule has 1 N–H and O–H groups in total. The molecular weight excluding hydrogens is 242 g/mol. The van der Waals surface area contributed by atoms with Crippen molar-refractivity contribution in [2.45, 2.75) is 12.8 Å². The zero-order chi connectivity index (χ0) is 13.2. The van der Waals surface area contributed by atoms with Crippen LogP contribution in [0, 0.1) is 6.92 Å². The summed E-state index contributed by atoms with van der Waals surface area (Å²) in [7, 11) is 0. The van der Waals surface area contributed by atoms with Gasteiger partial charge in [0.05, 0.1) is 0 Å². The Morgan fingerprint density at radius 1 is 1.37 bits per heavy atom. The number of nitrogens with one attached hydrogen (secondary N) is 1. The molecule has 0 unspecified atom stereocenters. The van der Waals surface area contributed by atoms with E-state index in [2.05, 4.69) is 15.3 Å². The van der Waals surface area contributed by atoms with Gasteiger partial charge in [-0.25, -0.2) is 9.97 Å². The lowest BCUT2D eigenvalue weighted by molar-refractivity contribution is -0.117. The van der Waals surface area contributed by atoms with E-state index in [4.69, 9.17) is 4.74 Å². The number of aryl methyl sites for hydroxylation is 1. The Morgan fingerprint density at radius 3 is 3.05 bits per heavy atom. The smallest absolute Gasteiger partial charge is 0.237 e. The Labute approximate surface area is 110 Å². The zero-order valence-corrected chi connectivity index (χ0v) is 10.5. The summed E-state index contributed by atoms with van der Waals surface area (Å²) in [6.45, 7) is 2.21. The van der Waals surface area contributed by atoms with Crippen LogP contribution in [0.15, 0.2) is 36.5 Å². The van der Waals surface area contributed by atoms with Gasteiger partial charge in [0, 0.05) is 17.5 Å². The fourth-order valence-corrected chi connectivity index (χ4v) is 2.09. The van der Waals surface area contributed by atoms with Crippen molar-refractivity contribution in [1.82, 2.24) is 9.97 Å². The minimum Gasteiger partial charge on any atom is -0.492 e. The van der Waals surface area contributed by atoms with Crippen molar-refractivity contribution in [1.29, 1.82) is 0 Å². The lowest BCUT2D eigenvalue weighted by Crippen LogP contribution is -2.23. The van der Waals surface area contributed by atoms with Gasteiger partial charge >= 0.3 is 0 Å². The lowest BCUT2D eigenvalue weighted by Gasteiger charge is -2.09. The van der Waals surface area contributed by atoms with E-state index in [1.165, 1.54) is 0 Å². The van der Waals surface area contributed by atoms with E-state index < -0.39 is 0 Å². The van der Waals surface area contributed by atoms with Crippen LogP contribution in [0.4, 0.5) is 5.95 Å². The molecule has 1 atom stereocenters. The number of para-hydroxylation sites is 1. The van der Waals surface area contributed by atoms with Crippen LogP contribution in [-0.2, 0) is 4.79 Å². The van der Waals surface area contributed by atoms with Gasteiger partial charge in [-0.2, -0.15) is 0 Å². The van der Waals surface area contributed by atoms with Gasteiger partial charge in [0.25, 0.3) is 0 Å². The van der Waals surface area contributed by atoms with Gasteiger partial charge in [-0.05, 0) is 19.1 Å². The van der Waals surface area contributed by atoms with E-state index >= 15 is 0 Å². The average Bonchev–Trinajstić information content (AvgIpc) is 2.82. The Kier molecular flexibility index (Phi) is 2.87. The number of carbonyl (C=O) groups is 1. The van der Waals surface area contributed by atoms with E-state index in [-0.39, 0.29) is 11.8 Å². The molecule has 1 aliphatic heterocycles. The first kappa shape index (κ1) is 11.6. The second kappa shape index (κ2) is 4.68. The van der Waals surface area contributed by atoms with Crippen LogP contribution in [0.25, 0.3) is 0 Å². The molecule has 5 nitrogen and oxygen atoms in total. The number of aromatic nitrogens is 2. The molecule has 0 bridgehead atoms. The Bertz CT molecular complexity index is 628. The first-order valence-electron chi connectivity index (χ1n) is 6.06. The summed E-state index contributed by atoms with van der Waals surface area (Å²) in [5.41, 5.74) is 1.72. The highest BCUT2D eigenvalue weighted by molar-refractivity contribution is 5.95. The number of amides is 1. The van der Waals surface area contributed by atoms with E-state index in [1.807, 2.05) is 31.2 Å². The second-order valence-electron chi connectivity index (χ2n) is 4.41. The molecule has 5 heteroatoms. The predicted octanol–water partition coefficient (Wildman–Crippen LogP) is 1.90. The van der Waals surface area contributed by atoms with Gasteiger partial charge in [0.2, 0.25) is 11.9 Å². The topological polar surface area (TPSA) is 64.1 Å². The molecule has 2 heterocycles. The number of ether oxygens (including phenoxy) is 1. The molecule has 1 aromatic heterocycles. The highest BCUT2D eigenvalue weighted by Crippen LogP contribution is 2.33. The second-order valence-corrected chi connectivity index (χ2v) is 4.41. The summed E-state index contributed by atoms with van der Waals surface area (Å²) in [4.78, 5) is 20.4. The molecule has 0 saturated carbocycles. The molecule has 3 rings (SSSR count). The molecule has 0 fully saturated rings. The number of carbonyl (C=O) groups excluding carboxylic acids is 1. The summed E-state index contributed by atoms with van der Waals surface area (Å²) in [5.74, 6) is 0.651. The number of fused-ring (bicyclic) bond motifs is 1. The van der Waals surface area contributed by atoms with Crippen molar-refractivity contribution >= 4 is 11.9 Å². The first-order valence-corrected chi connectivity index (χ1v) is 6.06. The van der Waals surface area contributed by atoms with Gasteiger partial charge in [0.15, 0.2) is 0 Å². The fraction of sp³-hybridized carbons (Fsp3) is 0.214. The van der Waals surface area contributed by atoms with E-state index in [0.717, 1.165) is 17.0 Å². The third kappa shape index (κ3) is 2.27. The van der Waals surface area contributed by atoms with Crippen LogP contribution < -0.4 is 10.1 Å². The number of hydrogen-bond acceptors (Lipinski definition) is 4. The Morgan fingerprint density at radius 2 is 2.21 bits per heavy atom. The molecule has 1 amide bonds. The van der Waals surface area contributed by atoms with Crippen molar-refractivity contribution in [2.75, 3.05) is 11.9 Å². The fourth-order valence-electron chi connectivity index (χ4n) is 2.09. The maximum Gasteiger partial charge on any atom is 0.237 e. The highest BCUT2D eigenvalue weighted by atomic mass is 16.5. The number of nitrogens with zero attached hydrogens (tertiary/aromatic N) is 2. The molecule has 0 radical (unpaired) electrons. The summed E-state index contributed by atoms with van der Waals surface area (Å²) in [6, 6.07) is 9.35. The number of hydrogen-bond donors (Lipinski definition) is 1. The summed E-state index contributed by atoms with van der Waals surface area (Å²) < 4.78 is 5.49. The minimum absolute atomic E-state index is 0.143. The molecule has 1 aromatic carbocycles. The van der Waals surface area contributed by atoms with Crippen molar-refractivity contribution < 1.29 is 9.53 Å². The number of benzene rings is 1. The first-order chi connectivity index (χ1) is 9.24. The van der Waals surface area contributed by atoms with Crippen LogP contribution in [0.5, 0.6) is 5.75 Å². The standard InChI is InChI=1S/C14H13N3O2/c1-9-6-7-15-14(16-9)17-13(18)11-8-19-12-5-3-2-4-10(11)12/h2-7,11H,8H2,1H3,(H,15,16,17,18)/t11-/m0/s1. The third-order valence-corrected chi connectivity index (χ3v) is 3.05. The van der Waals surface area contributed by atoms with Crippen LogP contribution in [0.3, 0.4) is 0 Å². The molecular formula is C14H13N3O2. The zero-order valence-electron chi connectivity index (χ0n) is 10.5. The lowest BCUT2D eigenvalue weighted by atomic mass is 10.0. The predicted molar refractivity (Wildman–Crippen MR) is 70.1 cm³/mol. The summed E-state index contributed by atoms with van der Waals surface area (Å²) >= 11 is 0. The third-order valence-electron chi connectivity index (χ3n) is 3.05. The molecule has 1 aliphatic rings. The van der Waals surface area contributed by atoms with Gasteiger partial charge in [-0.1, -0.05) is 18.2 Å². The maximum absolute atomic E-state index is 12.2. The molecule has 96 valence electrons. The van der Waals surface area contributed by atoms with Gasteiger partial charge in [0.1, 0.15) is 18.3 Å². The van der Waals surface area contributed by atoms with E-state index in [0.29, 0.717) is 12.6 Å². The summed E-state index contributed by atoms with van der Waals surface area (Å²) in [6.07, 6.45) is 1.62.